The number of thioether (sulfide) groups is 1. The molecule has 2 aromatic heterocycles. The van der Waals surface area contributed by atoms with Gasteiger partial charge in [-0.1, -0.05) is 17.8 Å². The number of anilines is 1. The minimum Gasteiger partial charge on any atom is -0.497 e. The third kappa shape index (κ3) is 5.12. The van der Waals surface area contributed by atoms with E-state index >= 15 is 0 Å². The maximum atomic E-state index is 12.7. The topological polar surface area (TPSA) is 87.5 Å². The summed E-state index contributed by atoms with van der Waals surface area (Å²) >= 11 is 2.88. The number of carbonyl (C=O) groups is 1. The van der Waals surface area contributed by atoms with Gasteiger partial charge in [-0.3, -0.25) is 9.36 Å². The van der Waals surface area contributed by atoms with Crippen LogP contribution in [-0.4, -0.2) is 47.8 Å². The van der Waals surface area contributed by atoms with Crippen molar-refractivity contribution in [3.8, 4) is 33.6 Å². The van der Waals surface area contributed by atoms with Crippen molar-refractivity contribution in [2.75, 3.05) is 32.4 Å². The molecule has 33 heavy (non-hydrogen) atoms. The first-order chi connectivity index (χ1) is 16.1. The number of thiophene rings is 1. The average Bonchev–Trinajstić information content (AvgIpc) is 3.53. The summed E-state index contributed by atoms with van der Waals surface area (Å²) in [7, 11) is 4.75. The lowest BCUT2D eigenvalue weighted by Gasteiger charge is -2.12. The molecule has 8 nitrogen and oxygen atoms in total. The first kappa shape index (κ1) is 22.7. The van der Waals surface area contributed by atoms with Crippen LogP contribution in [0.15, 0.2) is 65.1 Å². The van der Waals surface area contributed by atoms with E-state index in [0.29, 0.717) is 22.3 Å². The molecule has 0 aliphatic heterocycles. The summed E-state index contributed by atoms with van der Waals surface area (Å²) in [6.45, 7) is 0. The zero-order chi connectivity index (χ0) is 23.2. The van der Waals surface area contributed by atoms with Crippen molar-refractivity contribution in [1.29, 1.82) is 0 Å². The molecule has 0 saturated carbocycles. The number of benzene rings is 2. The molecule has 1 N–H and O–H groups in total. The lowest BCUT2D eigenvalue weighted by molar-refractivity contribution is -0.113. The van der Waals surface area contributed by atoms with E-state index < -0.39 is 0 Å². The fourth-order valence-corrected chi connectivity index (χ4v) is 4.56. The van der Waals surface area contributed by atoms with Gasteiger partial charge in [0.1, 0.15) is 17.2 Å². The summed E-state index contributed by atoms with van der Waals surface area (Å²) < 4.78 is 17.8. The second-order valence-electron chi connectivity index (χ2n) is 6.72. The molecule has 0 aliphatic rings. The van der Waals surface area contributed by atoms with Gasteiger partial charge in [0.15, 0.2) is 11.0 Å². The van der Waals surface area contributed by atoms with Gasteiger partial charge in [-0.2, -0.15) is 0 Å². The number of rotatable bonds is 9. The molecular formula is C23H22N4O4S2. The number of aromatic nitrogens is 3. The highest BCUT2D eigenvalue weighted by Gasteiger charge is 2.18. The lowest BCUT2D eigenvalue weighted by atomic mass is 10.2. The Bertz CT molecular complexity index is 1220. The molecule has 0 saturated heterocycles. The normalized spacial score (nSPS) is 10.6. The molecule has 2 heterocycles. The first-order valence-corrected chi connectivity index (χ1v) is 11.8. The standard InChI is InChI=1S/C23H22N4O4S2/c1-29-16-8-6-15(7-9-16)27-22(20-5-4-12-32-20)25-26-23(27)33-14-21(28)24-18-11-10-17(30-2)13-19(18)31-3/h4-13H,14H2,1-3H3,(H,24,28). The van der Waals surface area contributed by atoms with Gasteiger partial charge in [-0.25, -0.2) is 0 Å². The maximum Gasteiger partial charge on any atom is 0.234 e. The van der Waals surface area contributed by atoms with Gasteiger partial charge in [-0.05, 0) is 47.8 Å². The summed E-state index contributed by atoms with van der Waals surface area (Å²) in [6.07, 6.45) is 0. The van der Waals surface area contributed by atoms with Gasteiger partial charge in [0.05, 0.1) is 43.3 Å². The van der Waals surface area contributed by atoms with Gasteiger partial charge in [0.2, 0.25) is 5.91 Å². The molecule has 0 bridgehead atoms. The number of nitrogens with zero attached hydrogens (tertiary/aromatic N) is 3. The van der Waals surface area contributed by atoms with E-state index in [1.807, 2.05) is 46.3 Å². The highest BCUT2D eigenvalue weighted by atomic mass is 32.2. The molecule has 4 rings (SSSR count). The minimum atomic E-state index is -0.189. The van der Waals surface area contributed by atoms with Gasteiger partial charge < -0.3 is 19.5 Å². The quantitative estimate of drug-likeness (QED) is 0.344. The molecule has 0 aliphatic carbocycles. The van der Waals surface area contributed by atoms with Crippen molar-refractivity contribution < 1.29 is 19.0 Å². The molecular weight excluding hydrogens is 460 g/mol. The Kier molecular flexibility index (Phi) is 7.16. The van der Waals surface area contributed by atoms with E-state index in [1.54, 1.807) is 50.9 Å². The van der Waals surface area contributed by atoms with Crippen molar-refractivity contribution >= 4 is 34.7 Å². The summed E-state index contributed by atoms with van der Waals surface area (Å²) in [6, 6.07) is 16.8. The van der Waals surface area contributed by atoms with Crippen LogP contribution in [0.3, 0.4) is 0 Å². The Morgan fingerprint density at radius 1 is 1.00 bits per heavy atom. The molecule has 0 fully saturated rings. The monoisotopic (exact) mass is 482 g/mol. The number of carbonyl (C=O) groups excluding carboxylic acids is 1. The van der Waals surface area contributed by atoms with E-state index in [9.17, 15) is 4.79 Å². The number of nitrogens with one attached hydrogen (secondary N) is 1. The van der Waals surface area contributed by atoms with Crippen LogP contribution in [-0.2, 0) is 4.79 Å². The summed E-state index contributed by atoms with van der Waals surface area (Å²) in [4.78, 5) is 13.7. The van der Waals surface area contributed by atoms with Gasteiger partial charge in [0.25, 0.3) is 0 Å². The fourth-order valence-electron chi connectivity index (χ4n) is 3.11. The SMILES string of the molecule is COc1ccc(-n2c(SCC(=O)Nc3ccc(OC)cc3OC)nnc2-c2cccs2)cc1. The van der Waals surface area contributed by atoms with E-state index in [1.165, 1.54) is 11.8 Å². The van der Waals surface area contributed by atoms with Crippen molar-refractivity contribution in [3.63, 3.8) is 0 Å². The van der Waals surface area contributed by atoms with Gasteiger partial charge in [0, 0.05) is 6.07 Å². The minimum absolute atomic E-state index is 0.147. The van der Waals surface area contributed by atoms with Crippen LogP contribution in [0.25, 0.3) is 16.4 Å². The summed E-state index contributed by atoms with van der Waals surface area (Å²) in [5.74, 6) is 2.60. The predicted molar refractivity (Wildman–Crippen MR) is 130 cm³/mol. The Morgan fingerprint density at radius 3 is 2.42 bits per heavy atom. The van der Waals surface area contributed by atoms with Crippen LogP contribution in [0.4, 0.5) is 5.69 Å². The number of amides is 1. The number of hydrogen-bond donors (Lipinski definition) is 1. The van der Waals surface area contributed by atoms with Gasteiger partial charge in [-0.15, -0.1) is 21.5 Å². The Labute approximate surface area is 199 Å². The molecule has 0 atom stereocenters. The molecule has 4 aromatic rings. The van der Waals surface area contributed by atoms with E-state index in [-0.39, 0.29) is 11.7 Å². The first-order valence-electron chi connectivity index (χ1n) is 9.91. The highest BCUT2D eigenvalue weighted by Crippen LogP contribution is 2.32. The van der Waals surface area contributed by atoms with Crippen LogP contribution < -0.4 is 19.5 Å². The highest BCUT2D eigenvalue weighted by molar-refractivity contribution is 7.99. The fraction of sp³-hybridized carbons (Fsp3) is 0.174. The number of ether oxygens (including phenoxy) is 3. The second-order valence-corrected chi connectivity index (χ2v) is 8.61. The lowest BCUT2D eigenvalue weighted by Crippen LogP contribution is -2.15. The van der Waals surface area contributed by atoms with Crippen molar-refractivity contribution in [3.05, 3.63) is 60.0 Å². The molecule has 0 unspecified atom stereocenters. The molecule has 1 amide bonds. The third-order valence-electron chi connectivity index (χ3n) is 4.72. The zero-order valence-electron chi connectivity index (χ0n) is 18.3. The zero-order valence-corrected chi connectivity index (χ0v) is 19.9. The van der Waals surface area contributed by atoms with Crippen molar-refractivity contribution in [2.45, 2.75) is 5.16 Å². The van der Waals surface area contributed by atoms with Crippen LogP contribution in [0, 0.1) is 0 Å². The van der Waals surface area contributed by atoms with Gasteiger partial charge >= 0.3 is 0 Å². The van der Waals surface area contributed by atoms with Crippen molar-refractivity contribution in [2.24, 2.45) is 0 Å². The maximum absolute atomic E-state index is 12.7. The largest absolute Gasteiger partial charge is 0.497 e. The number of hydrogen-bond acceptors (Lipinski definition) is 8. The molecule has 2 aromatic carbocycles. The Hall–Kier alpha value is -3.50. The molecule has 170 valence electrons. The molecule has 10 heteroatoms. The van der Waals surface area contributed by atoms with Crippen LogP contribution in [0.5, 0.6) is 17.2 Å². The summed E-state index contributed by atoms with van der Waals surface area (Å²) in [5, 5.41) is 14.2. The van der Waals surface area contributed by atoms with Crippen molar-refractivity contribution in [1.82, 2.24) is 14.8 Å². The van der Waals surface area contributed by atoms with E-state index in [2.05, 4.69) is 15.5 Å². The number of methoxy groups -OCH3 is 3. The third-order valence-corrected chi connectivity index (χ3v) is 6.52. The predicted octanol–water partition coefficient (Wildman–Crippen LogP) is 4.75. The second kappa shape index (κ2) is 10.4. The smallest absolute Gasteiger partial charge is 0.234 e. The van der Waals surface area contributed by atoms with E-state index in [0.717, 1.165) is 22.1 Å². The van der Waals surface area contributed by atoms with E-state index in [4.69, 9.17) is 14.2 Å². The van der Waals surface area contributed by atoms with Crippen LogP contribution >= 0.6 is 23.1 Å². The molecule has 0 spiro atoms. The van der Waals surface area contributed by atoms with Crippen LogP contribution in [0.1, 0.15) is 0 Å². The summed E-state index contributed by atoms with van der Waals surface area (Å²) in [5.41, 5.74) is 1.45. The van der Waals surface area contributed by atoms with Crippen LogP contribution in [0.2, 0.25) is 0 Å². The average molecular weight is 483 g/mol. The Morgan fingerprint density at radius 2 is 1.76 bits per heavy atom. The Balaban J connectivity index is 1.55. The molecule has 0 radical (unpaired) electrons.